The predicted molar refractivity (Wildman–Crippen MR) is 107 cm³/mol. The van der Waals surface area contributed by atoms with Crippen LogP contribution in [0.3, 0.4) is 0 Å². The summed E-state index contributed by atoms with van der Waals surface area (Å²) in [5, 5.41) is 8.77. The highest BCUT2D eigenvalue weighted by Gasteiger charge is 2.12. The minimum absolute atomic E-state index is 0.0719. The highest BCUT2D eigenvalue weighted by molar-refractivity contribution is 6.00. The van der Waals surface area contributed by atoms with E-state index >= 15 is 0 Å². The number of amides is 2. The van der Waals surface area contributed by atoms with Gasteiger partial charge in [-0.25, -0.2) is 0 Å². The number of carbonyl (C=O) groups is 2. The molecule has 2 amide bonds. The Bertz CT molecular complexity index is 760. The normalized spacial score (nSPS) is 11.5. The summed E-state index contributed by atoms with van der Waals surface area (Å²) in [7, 11) is 1.59. The zero-order valence-electron chi connectivity index (χ0n) is 16.0. The van der Waals surface area contributed by atoms with E-state index in [1.54, 1.807) is 25.3 Å². The van der Waals surface area contributed by atoms with Gasteiger partial charge in [0.05, 0.1) is 18.7 Å². The molecule has 0 bridgehead atoms. The zero-order chi connectivity index (χ0) is 19.6. The van der Waals surface area contributed by atoms with Crippen molar-refractivity contribution in [2.75, 3.05) is 25.6 Å². The molecular weight excluding hydrogens is 342 g/mol. The summed E-state index contributed by atoms with van der Waals surface area (Å²) in [6.07, 6.45) is 0. The molecule has 0 radical (unpaired) electrons. The van der Waals surface area contributed by atoms with Gasteiger partial charge in [-0.2, -0.15) is 0 Å². The van der Waals surface area contributed by atoms with Crippen molar-refractivity contribution in [3.63, 3.8) is 0 Å². The summed E-state index contributed by atoms with van der Waals surface area (Å²) in [6, 6.07) is 15.1. The lowest BCUT2D eigenvalue weighted by Crippen LogP contribution is -2.39. The Morgan fingerprint density at radius 3 is 2.48 bits per heavy atom. The first kappa shape index (κ1) is 20.5. The topological polar surface area (TPSA) is 79.5 Å². The van der Waals surface area contributed by atoms with Gasteiger partial charge in [0.25, 0.3) is 5.91 Å². The molecule has 0 saturated heterocycles. The molecule has 0 saturated carbocycles. The van der Waals surface area contributed by atoms with Crippen LogP contribution in [0.4, 0.5) is 5.69 Å². The zero-order valence-corrected chi connectivity index (χ0v) is 16.0. The van der Waals surface area contributed by atoms with Crippen LogP contribution in [0.25, 0.3) is 0 Å². The SMILES string of the molecule is COCC(C)NC(=O)CNc1ccccc1C(=O)NCc1ccc(C)cc1. The van der Waals surface area contributed by atoms with Gasteiger partial charge in [0, 0.05) is 25.4 Å². The predicted octanol–water partition coefficient (Wildman–Crippen LogP) is 2.49. The fourth-order valence-electron chi connectivity index (χ4n) is 2.61. The second-order valence-corrected chi connectivity index (χ2v) is 6.49. The second-order valence-electron chi connectivity index (χ2n) is 6.49. The maximum atomic E-state index is 12.5. The molecule has 0 aliphatic rings. The number of anilines is 1. The van der Waals surface area contributed by atoms with Gasteiger partial charge in [-0.3, -0.25) is 9.59 Å². The third-order valence-corrected chi connectivity index (χ3v) is 4.01. The number of ether oxygens (including phenoxy) is 1. The summed E-state index contributed by atoms with van der Waals surface area (Å²) >= 11 is 0. The Morgan fingerprint density at radius 2 is 1.78 bits per heavy atom. The summed E-state index contributed by atoms with van der Waals surface area (Å²) in [6.45, 7) is 4.87. The number of hydrogen-bond donors (Lipinski definition) is 3. The van der Waals surface area contributed by atoms with E-state index in [0.717, 1.165) is 5.56 Å². The van der Waals surface area contributed by atoms with Crippen molar-refractivity contribution >= 4 is 17.5 Å². The van der Waals surface area contributed by atoms with E-state index in [4.69, 9.17) is 4.74 Å². The molecule has 6 nitrogen and oxygen atoms in total. The molecule has 0 spiro atoms. The highest BCUT2D eigenvalue weighted by Crippen LogP contribution is 2.15. The van der Waals surface area contributed by atoms with Gasteiger partial charge in [-0.1, -0.05) is 42.0 Å². The lowest BCUT2D eigenvalue weighted by atomic mass is 10.1. The van der Waals surface area contributed by atoms with Crippen molar-refractivity contribution in [2.45, 2.75) is 26.4 Å². The van der Waals surface area contributed by atoms with Gasteiger partial charge < -0.3 is 20.7 Å². The first-order valence-corrected chi connectivity index (χ1v) is 8.94. The van der Waals surface area contributed by atoms with Gasteiger partial charge in [-0.15, -0.1) is 0 Å². The minimum atomic E-state index is -0.188. The van der Waals surface area contributed by atoms with E-state index < -0.39 is 0 Å². The van der Waals surface area contributed by atoms with Gasteiger partial charge in [0.2, 0.25) is 5.91 Å². The van der Waals surface area contributed by atoms with Gasteiger partial charge in [0.15, 0.2) is 0 Å². The number of carbonyl (C=O) groups excluding carboxylic acids is 2. The van der Waals surface area contributed by atoms with Crippen molar-refractivity contribution < 1.29 is 14.3 Å². The molecule has 2 rings (SSSR count). The van der Waals surface area contributed by atoms with Gasteiger partial charge in [-0.05, 0) is 31.5 Å². The van der Waals surface area contributed by atoms with E-state index in [1.165, 1.54) is 5.56 Å². The molecule has 6 heteroatoms. The largest absolute Gasteiger partial charge is 0.383 e. The maximum Gasteiger partial charge on any atom is 0.253 e. The Hall–Kier alpha value is -2.86. The van der Waals surface area contributed by atoms with E-state index in [2.05, 4.69) is 16.0 Å². The summed E-state index contributed by atoms with van der Waals surface area (Å²) in [4.78, 5) is 24.5. The summed E-state index contributed by atoms with van der Waals surface area (Å²) < 4.78 is 5.00. The van der Waals surface area contributed by atoms with Crippen LogP contribution in [0.15, 0.2) is 48.5 Å². The number of para-hydroxylation sites is 1. The molecule has 0 aliphatic heterocycles. The summed E-state index contributed by atoms with van der Waals surface area (Å²) in [5.41, 5.74) is 3.33. The summed E-state index contributed by atoms with van der Waals surface area (Å²) in [5.74, 6) is -0.346. The lowest BCUT2D eigenvalue weighted by Gasteiger charge is -2.15. The second kappa shape index (κ2) is 10.3. The van der Waals surface area contributed by atoms with Crippen LogP contribution in [0.5, 0.6) is 0 Å². The average Bonchev–Trinajstić information content (AvgIpc) is 2.66. The van der Waals surface area contributed by atoms with Crippen LogP contribution < -0.4 is 16.0 Å². The molecular formula is C21H27N3O3. The van der Waals surface area contributed by atoms with Crippen LogP contribution in [-0.4, -0.2) is 38.1 Å². The van der Waals surface area contributed by atoms with Crippen molar-refractivity contribution in [3.05, 3.63) is 65.2 Å². The molecule has 1 atom stereocenters. The van der Waals surface area contributed by atoms with Crippen LogP contribution in [0.2, 0.25) is 0 Å². The number of methoxy groups -OCH3 is 1. The molecule has 0 heterocycles. The first-order valence-electron chi connectivity index (χ1n) is 8.94. The number of nitrogens with one attached hydrogen (secondary N) is 3. The Balaban J connectivity index is 1.92. The molecule has 0 fully saturated rings. The molecule has 3 N–H and O–H groups in total. The number of hydrogen-bond acceptors (Lipinski definition) is 4. The van der Waals surface area contributed by atoms with Crippen LogP contribution in [-0.2, 0) is 16.1 Å². The molecule has 1 unspecified atom stereocenters. The van der Waals surface area contributed by atoms with Crippen molar-refractivity contribution in [1.82, 2.24) is 10.6 Å². The highest BCUT2D eigenvalue weighted by atomic mass is 16.5. The fourth-order valence-corrected chi connectivity index (χ4v) is 2.61. The van der Waals surface area contributed by atoms with Crippen LogP contribution in [0.1, 0.15) is 28.4 Å². The first-order chi connectivity index (χ1) is 13.0. The molecule has 0 aromatic heterocycles. The van der Waals surface area contributed by atoms with E-state index in [-0.39, 0.29) is 24.4 Å². The molecule has 2 aromatic rings. The van der Waals surface area contributed by atoms with Crippen molar-refractivity contribution in [2.24, 2.45) is 0 Å². The number of aryl methyl sites for hydroxylation is 1. The number of rotatable bonds is 9. The van der Waals surface area contributed by atoms with E-state index in [1.807, 2.05) is 44.2 Å². The fraction of sp³-hybridized carbons (Fsp3) is 0.333. The minimum Gasteiger partial charge on any atom is -0.383 e. The Labute approximate surface area is 160 Å². The van der Waals surface area contributed by atoms with Gasteiger partial charge in [0.1, 0.15) is 0 Å². The molecule has 2 aromatic carbocycles. The van der Waals surface area contributed by atoms with E-state index in [0.29, 0.717) is 24.4 Å². The maximum absolute atomic E-state index is 12.5. The standard InChI is InChI=1S/C21H27N3O3/c1-15-8-10-17(11-9-15)12-23-21(26)18-6-4-5-7-19(18)22-13-20(25)24-16(2)14-27-3/h4-11,16,22H,12-14H2,1-3H3,(H,23,26)(H,24,25). The van der Waals surface area contributed by atoms with Gasteiger partial charge >= 0.3 is 0 Å². The van der Waals surface area contributed by atoms with Crippen molar-refractivity contribution in [1.29, 1.82) is 0 Å². The smallest absolute Gasteiger partial charge is 0.253 e. The van der Waals surface area contributed by atoms with Crippen LogP contribution in [0, 0.1) is 6.92 Å². The molecule has 144 valence electrons. The lowest BCUT2D eigenvalue weighted by molar-refractivity contribution is -0.120. The monoisotopic (exact) mass is 369 g/mol. The van der Waals surface area contributed by atoms with Crippen molar-refractivity contribution in [3.8, 4) is 0 Å². The quantitative estimate of drug-likeness (QED) is 0.634. The molecule has 27 heavy (non-hydrogen) atoms. The third kappa shape index (κ3) is 6.75. The average molecular weight is 369 g/mol. The molecule has 0 aliphatic carbocycles. The van der Waals surface area contributed by atoms with E-state index in [9.17, 15) is 9.59 Å². The Morgan fingerprint density at radius 1 is 1.07 bits per heavy atom. The third-order valence-electron chi connectivity index (χ3n) is 4.01. The number of benzene rings is 2. The Kier molecular flexibility index (Phi) is 7.82. The van der Waals surface area contributed by atoms with Crippen LogP contribution >= 0.6 is 0 Å².